The van der Waals surface area contributed by atoms with Gasteiger partial charge in [0.25, 0.3) is 0 Å². The Balaban J connectivity index is 2.09. The number of unbranched alkanes of at least 4 members (excludes halogenated alkanes) is 1. The predicted molar refractivity (Wildman–Crippen MR) is 90.5 cm³/mol. The van der Waals surface area contributed by atoms with E-state index in [1.807, 2.05) is 6.92 Å². The van der Waals surface area contributed by atoms with E-state index >= 15 is 0 Å². The number of hydrogen-bond acceptors (Lipinski definition) is 4. The lowest BCUT2D eigenvalue weighted by Crippen LogP contribution is -2.42. The highest BCUT2D eigenvalue weighted by atomic mass is 32.2. The quantitative estimate of drug-likeness (QED) is 0.701. The van der Waals surface area contributed by atoms with Gasteiger partial charge < -0.3 is 9.64 Å². The van der Waals surface area contributed by atoms with E-state index in [9.17, 15) is 22.0 Å². The van der Waals surface area contributed by atoms with Crippen LogP contribution in [0.5, 0.6) is 5.75 Å². The minimum absolute atomic E-state index is 0.00299. The number of amides is 1. The Bertz CT molecular complexity index is 694. The van der Waals surface area contributed by atoms with Crippen LogP contribution in [-0.2, 0) is 21.1 Å². The van der Waals surface area contributed by atoms with Crippen LogP contribution in [0.1, 0.15) is 31.7 Å². The van der Waals surface area contributed by atoms with Crippen molar-refractivity contribution in [3.8, 4) is 5.75 Å². The predicted octanol–water partition coefficient (Wildman–Crippen LogP) is 2.65. The van der Waals surface area contributed by atoms with E-state index in [0.29, 0.717) is 18.5 Å². The van der Waals surface area contributed by atoms with Crippen molar-refractivity contribution >= 4 is 15.7 Å². The molecule has 0 radical (unpaired) electrons. The molecule has 0 N–H and O–H groups in total. The van der Waals surface area contributed by atoms with Crippen LogP contribution in [0.4, 0.5) is 8.78 Å². The SMILES string of the molecule is CCCCN(C(=O)Cc1cccc(OC(F)F)c1)C1CCS(=O)(=O)C1. The third-order valence-electron chi connectivity index (χ3n) is 4.20. The van der Waals surface area contributed by atoms with Crippen LogP contribution in [0.15, 0.2) is 24.3 Å². The van der Waals surface area contributed by atoms with Crippen molar-refractivity contribution in [3.63, 3.8) is 0 Å². The molecule has 2 rings (SSSR count). The average Bonchev–Trinajstić information content (AvgIpc) is 2.87. The zero-order chi connectivity index (χ0) is 18.4. The highest BCUT2D eigenvalue weighted by molar-refractivity contribution is 7.91. The normalized spacial score (nSPS) is 19.1. The minimum Gasteiger partial charge on any atom is -0.435 e. The molecule has 1 atom stereocenters. The Hall–Kier alpha value is -1.70. The molecular weight excluding hydrogens is 352 g/mol. The molecule has 5 nitrogen and oxygen atoms in total. The summed E-state index contributed by atoms with van der Waals surface area (Å²) in [4.78, 5) is 14.3. The molecule has 0 saturated carbocycles. The van der Waals surface area contributed by atoms with E-state index in [1.54, 1.807) is 17.0 Å². The van der Waals surface area contributed by atoms with Crippen LogP contribution in [0.2, 0.25) is 0 Å². The van der Waals surface area contributed by atoms with E-state index in [4.69, 9.17) is 0 Å². The number of ether oxygens (including phenoxy) is 1. The van der Waals surface area contributed by atoms with E-state index in [0.717, 1.165) is 12.8 Å². The number of sulfone groups is 1. The van der Waals surface area contributed by atoms with E-state index in [2.05, 4.69) is 4.74 Å². The smallest absolute Gasteiger partial charge is 0.387 e. The Morgan fingerprint density at radius 2 is 2.16 bits per heavy atom. The molecule has 1 heterocycles. The lowest BCUT2D eigenvalue weighted by atomic mass is 10.1. The molecule has 0 aromatic heterocycles. The third kappa shape index (κ3) is 5.95. The number of rotatable bonds is 8. The summed E-state index contributed by atoms with van der Waals surface area (Å²) < 4.78 is 52.4. The van der Waals surface area contributed by atoms with Gasteiger partial charge in [-0.3, -0.25) is 4.79 Å². The van der Waals surface area contributed by atoms with Gasteiger partial charge >= 0.3 is 6.61 Å². The maximum atomic E-state index is 12.7. The topological polar surface area (TPSA) is 63.7 Å². The number of hydrogen-bond donors (Lipinski definition) is 0. The monoisotopic (exact) mass is 375 g/mol. The number of carbonyl (C=O) groups is 1. The summed E-state index contributed by atoms with van der Waals surface area (Å²) in [5.41, 5.74) is 0.561. The summed E-state index contributed by atoms with van der Waals surface area (Å²) in [6.45, 7) is -0.419. The molecule has 1 fully saturated rings. The van der Waals surface area contributed by atoms with Gasteiger partial charge in [-0.1, -0.05) is 25.5 Å². The van der Waals surface area contributed by atoms with Gasteiger partial charge in [0, 0.05) is 12.6 Å². The maximum absolute atomic E-state index is 12.7. The van der Waals surface area contributed by atoms with Gasteiger partial charge in [-0.2, -0.15) is 8.78 Å². The first kappa shape index (κ1) is 19.6. The Labute approximate surface area is 146 Å². The van der Waals surface area contributed by atoms with Crippen LogP contribution in [-0.4, -0.2) is 49.9 Å². The van der Waals surface area contributed by atoms with Gasteiger partial charge in [-0.25, -0.2) is 8.42 Å². The fourth-order valence-electron chi connectivity index (χ4n) is 2.97. The second-order valence-electron chi connectivity index (χ2n) is 6.20. The van der Waals surface area contributed by atoms with Gasteiger partial charge in [-0.15, -0.1) is 0 Å². The summed E-state index contributed by atoms with van der Waals surface area (Å²) in [6.07, 6.45) is 2.16. The Morgan fingerprint density at radius 1 is 1.40 bits per heavy atom. The van der Waals surface area contributed by atoms with Crippen LogP contribution >= 0.6 is 0 Å². The number of carbonyl (C=O) groups excluding carboxylic acids is 1. The first-order valence-electron chi connectivity index (χ1n) is 8.34. The zero-order valence-electron chi connectivity index (χ0n) is 14.2. The van der Waals surface area contributed by atoms with Crippen LogP contribution in [0.25, 0.3) is 0 Å². The molecule has 140 valence electrons. The van der Waals surface area contributed by atoms with Crippen molar-refractivity contribution in [2.24, 2.45) is 0 Å². The summed E-state index contributed by atoms with van der Waals surface area (Å²) in [7, 11) is -3.09. The average molecular weight is 375 g/mol. The molecule has 0 bridgehead atoms. The summed E-state index contributed by atoms with van der Waals surface area (Å²) in [5.74, 6) is -0.0870. The van der Waals surface area contributed by atoms with Gasteiger partial charge in [0.15, 0.2) is 9.84 Å². The first-order valence-corrected chi connectivity index (χ1v) is 10.2. The lowest BCUT2D eigenvalue weighted by molar-refractivity contribution is -0.132. The van der Waals surface area contributed by atoms with Gasteiger partial charge in [0.2, 0.25) is 5.91 Å². The highest BCUT2D eigenvalue weighted by Crippen LogP contribution is 2.21. The molecule has 1 aliphatic rings. The molecule has 1 aromatic rings. The molecule has 1 aromatic carbocycles. The van der Waals surface area contributed by atoms with Crippen LogP contribution < -0.4 is 4.74 Å². The first-order chi connectivity index (χ1) is 11.8. The maximum Gasteiger partial charge on any atom is 0.387 e. The van der Waals surface area contributed by atoms with Crippen LogP contribution in [0, 0.1) is 0 Å². The van der Waals surface area contributed by atoms with Crippen molar-refractivity contribution in [3.05, 3.63) is 29.8 Å². The summed E-state index contributed by atoms with van der Waals surface area (Å²) in [5, 5.41) is 0. The largest absolute Gasteiger partial charge is 0.435 e. The van der Waals surface area contributed by atoms with E-state index < -0.39 is 16.4 Å². The van der Waals surface area contributed by atoms with Gasteiger partial charge in [-0.05, 0) is 30.5 Å². The fourth-order valence-corrected chi connectivity index (χ4v) is 4.70. The molecule has 1 amide bonds. The summed E-state index contributed by atoms with van der Waals surface area (Å²) in [6, 6.07) is 5.73. The Morgan fingerprint density at radius 3 is 2.76 bits per heavy atom. The van der Waals surface area contributed by atoms with Crippen LogP contribution in [0.3, 0.4) is 0 Å². The Kier molecular flexibility index (Phi) is 6.75. The molecule has 0 aliphatic carbocycles. The number of benzene rings is 1. The molecule has 1 aliphatic heterocycles. The lowest BCUT2D eigenvalue weighted by Gasteiger charge is -2.28. The van der Waals surface area contributed by atoms with Crippen molar-refractivity contribution in [2.45, 2.75) is 45.3 Å². The van der Waals surface area contributed by atoms with Crippen molar-refractivity contribution in [2.75, 3.05) is 18.1 Å². The molecule has 0 spiro atoms. The second kappa shape index (κ2) is 8.60. The van der Waals surface area contributed by atoms with E-state index in [1.165, 1.54) is 12.1 Å². The van der Waals surface area contributed by atoms with Crippen molar-refractivity contribution < 1.29 is 26.7 Å². The molecule has 8 heteroatoms. The molecular formula is C17H23F2NO4S. The molecule has 1 saturated heterocycles. The fraction of sp³-hybridized carbons (Fsp3) is 0.588. The number of nitrogens with zero attached hydrogens (tertiary/aromatic N) is 1. The van der Waals surface area contributed by atoms with E-state index in [-0.39, 0.29) is 35.6 Å². The number of halogens is 2. The third-order valence-corrected chi connectivity index (χ3v) is 5.95. The van der Waals surface area contributed by atoms with Crippen molar-refractivity contribution in [1.82, 2.24) is 4.90 Å². The summed E-state index contributed by atoms with van der Waals surface area (Å²) >= 11 is 0. The van der Waals surface area contributed by atoms with Gasteiger partial charge in [0.1, 0.15) is 5.75 Å². The zero-order valence-corrected chi connectivity index (χ0v) is 15.0. The van der Waals surface area contributed by atoms with Gasteiger partial charge in [0.05, 0.1) is 17.9 Å². The van der Waals surface area contributed by atoms with Crippen molar-refractivity contribution in [1.29, 1.82) is 0 Å². The second-order valence-corrected chi connectivity index (χ2v) is 8.43. The standard InChI is InChI=1S/C17H23F2NO4S/c1-2-3-8-20(14-7-9-25(22,23)12-14)16(21)11-13-5-4-6-15(10-13)24-17(18)19/h4-6,10,14,17H,2-3,7-9,11-12H2,1H3. The minimum atomic E-state index is -3.09. The molecule has 1 unspecified atom stereocenters. The molecule has 25 heavy (non-hydrogen) atoms. The number of alkyl halides is 2. The highest BCUT2D eigenvalue weighted by Gasteiger charge is 2.34.